The summed E-state index contributed by atoms with van der Waals surface area (Å²) in [6.07, 6.45) is 0.584. The van der Waals surface area contributed by atoms with E-state index in [0.29, 0.717) is 13.1 Å². The first-order chi connectivity index (χ1) is 7.41. The predicted molar refractivity (Wildman–Crippen MR) is 60.5 cm³/mol. The first-order valence-corrected chi connectivity index (χ1v) is 7.47. The molecule has 2 saturated heterocycles. The second-order valence-corrected chi connectivity index (χ2v) is 7.18. The summed E-state index contributed by atoms with van der Waals surface area (Å²) in [6.45, 7) is 4.47. The van der Waals surface area contributed by atoms with Gasteiger partial charge in [0.05, 0.1) is 24.2 Å². The molecule has 92 valence electrons. The van der Waals surface area contributed by atoms with Gasteiger partial charge >= 0.3 is 0 Å². The van der Waals surface area contributed by atoms with Gasteiger partial charge in [0, 0.05) is 6.04 Å². The van der Waals surface area contributed by atoms with Crippen molar-refractivity contribution in [1.82, 2.24) is 10.2 Å². The van der Waals surface area contributed by atoms with Crippen LogP contribution in [0.5, 0.6) is 0 Å². The molecule has 2 rings (SSSR count). The van der Waals surface area contributed by atoms with E-state index in [-0.39, 0.29) is 35.4 Å². The van der Waals surface area contributed by atoms with Crippen LogP contribution in [0.2, 0.25) is 0 Å². The Morgan fingerprint density at radius 1 is 1.44 bits per heavy atom. The lowest BCUT2D eigenvalue weighted by Crippen LogP contribution is -2.40. The minimum atomic E-state index is -2.92. The van der Waals surface area contributed by atoms with Gasteiger partial charge in [-0.05, 0) is 12.3 Å². The number of carbonyl (C=O) groups excluding carboxylic acids is 1. The highest BCUT2D eigenvalue weighted by atomic mass is 32.2. The quantitative estimate of drug-likeness (QED) is 0.719. The third kappa shape index (κ3) is 2.08. The van der Waals surface area contributed by atoms with Crippen LogP contribution in [-0.4, -0.2) is 49.5 Å². The maximum Gasteiger partial charge on any atom is 0.241 e. The number of nitrogens with zero attached hydrogens (tertiary/aromatic N) is 1. The fraction of sp³-hybridized carbons (Fsp3) is 0.900. The molecule has 2 fully saturated rings. The monoisotopic (exact) mass is 246 g/mol. The van der Waals surface area contributed by atoms with Crippen LogP contribution in [0.4, 0.5) is 0 Å². The van der Waals surface area contributed by atoms with E-state index in [0.717, 1.165) is 0 Å². The Kier molecular flexibility index (Phi) is 2.96. The van der Waals surface area contributed by atoms with Crippen molar-refractivity contribution in [2.24, 2.45) is 5.92 Å². The molecular formula is C10H18N2O3S. The maximum atomic E-state index is 12.0. The molecule has 0 saturated carbocycles. The van der Waals surface area contributed by atoms with Gasteiger partial charge in [0.2, 0.25) is 5.91 Å². The summed E-state index contributed by atoms with van der Waals surface area (Å²) < 4.78 is 22.7. The smallest absolute Gasteiger partial charge is 0.241 e. The van der Waals surface area contributed by atoms with Crippen molar-refractivity contribution in [3.63, 3.8) is 0 Å². The molecule has 0 aliphatic carbocycles. The van der Waals surface area contributed by atoms with Crippen molar-refractivity contribution < 1.29 is 13.2 Å². The van der Waals surface area contributed by atoms with E-state index in [1.54, 1.807) is 4.90 Å². The highest BCUT2D eigenvalue weighted by Crippen LogP contribution is 2.22. The first-order valence-electron chi connectivity index (χ1n) is 5.65. The molecule has 6 heteroatoms. The van der Waals surface area contributed by atoms with E-state index in [4.69, 9.17) is 0 Å². The molecule has 2 atom stereocenters. The molecule has 0 radical (unpaired) electrons. The van der Waals surface area contributed by atoms with Gasteiger partial charge in [-0.3, -0.25) is 10.1 Å². The molecule has 5 nitrogen and oxygen atoms in total. The number of amides is 1. The van der Waals surface area contributed by atoms with Crippen LogP contribution in [-0.2, 0) is 14.6 Å². The molecule has 2 unspecified atom stereocenters. The van der Waals surface area contributed by atoms with Crippen molar-refractivity contribution in [3.8, 4) is 0 Å². The molecule has 0 bridgehead atoms. The standard InChI is InChI=1S/C10H18N2O3S/c1-7(2)9-10(13)12(6-11-9)8-3-4-16(14,15)5-8/h7-9,11H,3-6H2,1-2H3. The zero-order valence-electron chi connectivity index (χ0n) is 9.64. The highest BCUT2D eigenvalue weighted by Gasteiger charge is 2.41. The predicted octanol–water partition coefficient (Wildman–Crippen LogP) is -0.413. The molecule has 2 heterocycles. The molecule has 1 N–H and O–H groups in total. The van der Waals surface area contributed by atoms with Crippen LogP contribution in [0.3, 0.4) is 0 Å². The third-order valence-electron chi connectivity index (χ3n) is 3.35. The number of nitrogens with one attached hydrogen (secondary N) is 1. The maximum absolute atomic E-state index is 12.0. The van der Waals surface area contributed by atoms with Crippen LogP contribution in [0.1, 0.15) is 20.3 Å². The molecule has 0 aromatic rings. The lowest BCUT2D eigenvalue weighted by Gasteiger charge is -2.22. The van der Waals surface area contributed by atoms with Crippen molar-refractivity contribution in [3.05, 3.63) is 0 Å². The molecule has 0 aromatic heterocycles. The Morgan fingerprint density at radius 3 is 2.56 bits per heavy atom. The minimum Gasteiger partial charge on any atom is -0.325 e. The Bertz CT molecular complexity index is 391. The van der Waals surface area contributed by atoms with Crippen molar-refractivity contribution in [2.75, 3.05) is 18.2 Å². The topological polar surface area (TPSA) is 66.5 Å². The van der Waals surface area contributed by atoms with Crippen LogP contribution < -0.4 is 5.32 Å². The molecule has 0 spiro atoms. The highest BCUT2D eigenvalue weighted by molar-refractivity contribution is 7.91. The SMILES string of the molecule is CC(C)C1NCN(C2CCS(=O)(=O)C2)C1=O. The number of carbonyl (C=O) groups is 1. The number of hydrogen-bond donors (Lipinski definition) is 1. The summed E-state index contributed by atoms with van der Waals surface area (Å²) in [6, 6.07) is -0.267. The zero-order chi connectivity index (χ0) is 11.9. The summed E-state index contributed by atoms with van der Waals surface area (Å²) in [7, 11) is -2.92. The van der Waals surface area contributed by atoms with E-state index < -0.39 is 9.84 Å². The van der Waals surface area contributed by atoms with Crippen LogP contribution in [0.15, 0.2) is 0 Å². The van der Waals surface area contributed by atoms with Gasteiger partial charge < -0.3 is 4.90 Å². The Balaban J connectivity index is 2.06. The lowest BCUT2D eigenvalue weighted by molar-refractivity contribution is -0.131. The summed E-state index contributed by atoms with van der Waals surface area (Å²) in [5.41, 5.74) is 0. The van der Waals surface area contributed by atoms with Gasteiger partial charge in [0.1, 0.15) is 0 Å². The second-order valence-electron chi connectivity index (χ2n) is 4.95. The van der Waals surface area contributed by atoms with E-state index in [1.807, 2.05) is 13.8 Å². The summed E-state index contributed by atoms with van der Waals surface area (Å²) >= 11 is 0. The molecule has 16 heavy (non-hydrogen) atoms. The number of sulfone groups is 1. The largest absolute Gasteiger partial charge is 0.325 e. The van der Waals surface area contributed by atoms with E-state index in [1.165, 1.54) is 0 Å². The fourth-order valence-electron chi connectivity index (χ4n) is 2.39. The van der Waals surface area contributed by atoms with Gasteiger partial charge in [-0.1, -0.05) is 13.8 Å². The Hall–Kier alpha value is -0.620. The van der Waals surface area contributed by atoms with Crippen LogP contribution in [0.25, 0.3) is 0 Å². The zero-order valence-corrected chi connectivity index (χ0v) is 10.5. The lowest BCUT2D eigenvalue weighted by atomic mass is 10.0. The van der Waals surface area contributed by atoms with Crippen molar-refractivity contribution in [2.45, 2.75) is 32.4 Å². The van der Waals surface area contributed by atoms with Gasteiger partial charge in [-0.15, -0.1) is 0 Å². The summed E-state index contributed by atoms with van der Waals surface area (Å²) in [4.78, 5) is 13.7. The van der Waals surface area contributed by atoms with E-state index in [9.17, 15) is 13.2 Å². The van der Waals surface area contributed by atoms with Gasteiger partial charge in [0.15, 0.2) is 9.84 Å². The minimum absolute atomic E-state index is 0.0529. The average molecular weight is 246 g/mol. The molecule has 2 aliphatic rings. The van der Waals surface area contributed by atoms with Crippen molar-refractivity contribution >= 4 is 15.7 Å². The van der Waals surface area contributed by atoms with Crippen LogP contribution >= 0.6 is 0 Å². The summed E-state index contributed by atoms with van der Waals surface area (Å²) in [5, 5.41) is 3.14. The number of hydrogen-bond acceptors (Lipinski definition) is 4. The molecule has 1 amide bonds. The van der Waals surface area contributed by atoms with Crippen LogP contribution in [0, 0.1) is 5.92 Å². The van der Waals surface area contributed by atoms with Crippen molar-refractivity contribution in [1.29, 1.82) is 0 Å². The molecule has 0 aromatic carbocycles. The first kappa shape index (κ1) is 11.9. The van der Waals surface area contributed by atoms with E-state index in [2.05, 4.69) is 5.32 Å². The normalized spacial score (nSPS) is 33.9. The second kappa shape index (κ2) is 4.00. The van der Waals surface area contributed by atoms with Gasteiger partial charge in [0.25, 0.3) is 0 Å². The third-order valence-corrected chi connectivity index (χ3v) is 5.10. The number of rotatable bonds is 2. The summed E-state index contributed by atoms with van der Waals surface area (Å²) in [5.74, 6) is 0.645. The average Bonchev–Trinajstić information content (AvgIpc) is 2.69. The fourth-order valence-corrected chi connectivity index (χ4v) is 4.12. The van der Waals surface area contributed by atoms with Gasteiger partial charge in [-0.25, -0.2) is 8.42 Å². The molecule has 2 aliphatic heterocycles. The van der Waals surface area contributed by atoms with Gasteiger partial charge in [-0.2, -0.15) is 0 Å². The molecular weight excluding hydrogens is 228 g/mol. The Labute approximate surface area is 96.1 Å². The van der Waals surface area contributed by atoms with E-state index >= 15 is 0 Å². The Morgan fingerprint density at radius 2 is 2.12 bits per heavy atom.